The quantitative estimate of drug-likeness (QED) is 0.768. The average Bonchev–Trinajstić information content (AvgIpc) is 2.96. The first-order valence-corrected chi connectivity index (χ1v) is 7.23. The van der Waals surface area contributed by atoms with Crippen molar-refractivity contribution in [3.8, 4) is 0 Å². The van der Waals surface area contributed by atoms with Gasteiger partial charge in [0.2, 0.25) is 5.56 Å². The Bertz CT molecular complexity index is 832. The van der Waals surface area contributed by atoms with E-state index in [1.165, 1.54) is 0 Å². The Labute approximate surface area is 127 Å². The third-order valence-electron chi connectivity index (χ3n) is 3.77. The van der Waals surface area contributed by atoms with Crippen molar-refractivity contribution in [2.24, 2.45) is 0 Å². The number of nitrogens with zero attached hydrogens (tertiary/aromatic N) is 4. The Hall–Kier alpha value is -2.70. The lowest BCUT2D eigenvalue weighted by Crippen LogP contribution is -2.28. The van der Waals surface area contributed by atoms with Crippen molar-refractivity contribution in [1.82, 2.24) is 25.1 Å². The van der Waals surface area contributed by atoms with Crippen LogP contribution in [0.1, 0.15) is 31.3 Å². The molecular weight excluding hydrogens is 280 g/mol. The first kappa shape index (κ1) is 14.2. The normalized spacial score (nSPS) is 12.5. The summed E-state index contributed by atoms with van der Waals surface area (Å²) in [6.45, 7) is 6.80. The molecule has 0 saturated heterocycles. The summed E-state index contributed by atoms with van der Waals surface area (Å²) in [7, 11) is 0. The summed E-state index contributed by atoms with van der Waals surface area (Å²) in [5.41, 5.74) is 1.65. The second kappa shape index (κ2) is 5.59. The predicted molar refractivity (Wildman–Crippen MR) is 84.9 cm³/mol. The van der Waals surface area contributed by atoms with Crippen LogP contribution in [0.2, 0.25) is 0 Å². The van der Waals surface area contributed by atoms with Gasteiger partial charge in [0.25, 0.3) is 0 Å². The van der Waals surface area contributed by atoms with E-state index in [2.05, 4.69) is 43.9 Å². The lowest BCUT2D eigenvalue weighted by Gasteiger charge is -2.29. The Morgan fingerprint density at radius 3 is 2.82 bits per heavy atom. The molecule has 0 saturated carbocycles. The SMILES string of the molecule is CCN(c1nc(C)nc2[nH]ncc12)[C@@H](C)c1ccc(=O)[nH]c1. The van der Waals surface area contributed by atoms with E-state index in [1.807, 2.05) is 13.0 Å². The summed E-state index contributed by atoms with van der Waals surface area (Å²) in [5.74, 6) is 1.54. The predicted octanol–water partition coefficient (Wildman–Crippen LogP) is 1.94. The monoisotopic (exact) mass is 298 g/mol. The molecule has 3 rings (SSSR count). The molecule has 3 aromatic heterocycles. The van der Waals surface area contributed by atoms with Gasteiger partial charge in [-0.3, -0.25) is 9.89 Å². The fraction of sp³-hybridized carbons (Fsp3) is 0.333. The summed E-state index contributed by atoms with van der Waals surface area (Å²) >= 11 is 0. The third-order valence-corrected chi connectivity index (χ3v) is 3.77. The molecule has 0 unspecified atom stereocenters. The van der Waals surface area contributed by atoms with Gasteiger partial charge in [0.15, 0.2) is 5.65 Å². The standard InChI is InChI=1S/C15H18N6O/c1-4-21(9(2)11-5-6-13(22)16-7-11)15-12-8-17-20-14(12)18-10(3)19-15/h5-9H,4H2,1-3H3,(H,16,22)(H,17,18,19,20)/t9-/m0/s1. The number of aryl methyl sites for hydroxylation is 1. The molecule has 114 valence electrons. The van der Waals surface area contributed by atoms with Gasteiger partial charge in [0, 0.05) is 18.8 Å². The van der Waals surface area contributed by atoms with E-state index in [1.54, 1.807) is 18.5 Å². The second-order valence-corrected chi connectivity index (χ2v) is 5.17. The second-order valence-electron chi connectivity index (χ2n) is 5.17. The van der Waals surface area contributed by atoms with Crippen LogP contribution in [-0.4, -0.2) is 31.7 Å². The first-order chi connectivity index (χ1) is 10.6. The molecule has 3 heterocycles. The topological polar surface area (TPSA) is 90.6 Å². The minimum absolute atomic E-state index is 0.0641. The molecular formula is C15H18N6O. The van der Waals surface area contributed by atoms with Crippen molar-refractivity contribution in [1.29, 1.82) is 0 Å². The van der Waals surface area contributed by atoms with Crippen LogP contribution < -0.4 is 10.5 Å². The lowest BCUT2D eigenvalue weighted by molar-refractivity contribution is 0.677. The highest BCUT2D eigenvalue weighted by Gasteiger charge is 2.20. The van der Waals surface area contributed by atoms with Gasteiger partial charge in [-0.2, -0.15) is 5.10 Å². The molecule has 0 bridgehead atoms. The Balaban J connectivity index is 2.07. The zero-order valence-electron chi connectivity index (χ0n) is 12.8. The number of hydrogen-bond acceptors (Lipinski definition) is 5. The molecule has 7 nitrogen and oxygen atoms in total. The van der Waals surface area contributed by atoms with Gasteiger partial charge in [-0.1, -0.05) is 6.07 Å². The summed E-state index contributed by atoms with van der Waals surface area (Å²) in [6, 6.07) is 3.44. The minimum atomic E-state index is -0.103. The maximum atomic E-state index is 11.2. The van der Waals surface area contributed by atoms with Crippen LogP contribution in [0.15, 0.2) is 29.3 Å². The molecule has 0 spiro atoms. The van der Waals surface area contributed by atoms with Crippen LogP contribution in [0.3, 0.4) is 0 Å². The van der Waals surface area contributed by atoms with E-state index in [0.717, 1.165) is 29.0 Å². The maximum Gasteiger partial charge on any atom is 0.247 e. The number of hydrogen-bond donors (Lipinski definition) is 2. The molecule has 0 aliphatic carbocycles. The van der Waals surface area contributed by atoms with Crippen molar-refractivity contribution in [2.45, 2.75) is 26.8 Å². The smallest absolute Gasteiger partial charge is 0.247 e. The van der Waals surface area contributed by atoms with Crippen LogP contribution in [0, 0.1) is 6.92 Å². The molecule has 7 heteroatoms. The van der Waals surface area contributed by atoms with Crippen molar-refractivity contribution in [3.05, 3.63) is 46.3 Å². The van der Waals surface area contributed by atoms with Gasteiger partial charge < -0.3 is 9.88 Å². The molecule has 22 heavy (non-hydrogen) atoms. The van der Waals surface area contributed by atoms with Gasteiger partial charge in [0.1, 0.15) is 11.6 Å². The van der Waals surface area contributed by atoms with Gasteiger partial charge in [-0.05, 0) is 26.3 Å². The number of aromatic nitrogens is 5. The van der Waals surface area contributed by atoms with Crippen molar-refractivity contribution in [3.63, 3.8) is 0 Å². The van der Waals surface area contributed by atoms with Gasteiger partial charge >= 0.3 is 0 Å². The highest BCUT2D eigenvalue weighted by atomic mass is 16.1. The van der Waals surface area contributed by atoms with E-state index in [4.69, 9.17) is 0 Å². The average molecular weight is 298 g/mol. The van der Waals surface area contributed by atoms with E-state index in [-0.39, 0.29) is 11.6 Å². The van der Waals surface area contributed by atoms with Crippen molar-refractivity contribution in [2.75, 3.05) is 11.4 Å². The fourth-order valence-corrected chi connectivity index (χ4v) is 2.62. The minimum Gasteiger partial charge on any atom is -0.349 e. The number of anilines is 1. The first-order valence-electron chi connectivity index (χ1n) is 7.23. The molecule has 0 aromatic carbocycles. The molecule has 3 aromatic rings. The molecule has 0 radical (unpaired) electrons. The molecule has 0 aliphatic heterocycles. The highest BCUT2D eigenvalue weighted by Crippen LogP contribution is 2.29. The Morgan fingerprint density at radius 1 is 1.32 bits per heavy atom. The Kier molecular flexibility index (Phi) is 3.62. The molecule has 2 N–H and O–H groups in total. The lowest BCUT2D eigenvalue weighted by atomic mass is 10.1. The van der Waals surface area contributed by atoms with Crippen molar-refractivity contribution >= 4 is 16.9 Å². The zero-order valence-corrected chi connectivity index (χ0v) is 12.8. The van der Waals surface area contributed by atoms with E-state index in [9.17, 15) is 4.79 Å². The van der Waals surface area contributed by atoms with E-state index in [0.29, 0.717) is 5.82 Å². The number of fused-ring (bicyclic) bond motifs is 1. The van der Waals surface area contributed by atoms with Gasteiger partial charge in [-0.15, -0.1) is 0 Å². The molecule has 0 fully saturated rings. The largest absolute Gasteiger partial charge is 0.349 e. The van der Waals surface area contributed by atoms with E-state index < -0.39 is 0 Å². The number of nitrogens with one attached hydrogen (secondary N) is 2. The zero-order chi connectivity index (χ0) is 15.7. The third kappa shape index (κ3) is 2.45. The van der Waals surface area contributed by atoms with Crippen LogP contribution in [-0.2, 0) is 0 Å². The number of pyridine rings is 1. The van der Waals surface area contributed by atoms with E-state index >= 15 is 0 Å². The molecule has 0 aliphatic rings. The summed E-state index contributed by atoms with van der Waals surface area (Å²) in [5, 5.41) is 7.84. The fourth-order valence-electron chi connectivity index (χ4n) is 2.62. The molecule has 0 amide bonds. The number of H-pyrrole nitrogens is 2. The Morgan fingerprint density at radius 2 is 2.14 bits per heavy atom. The van der Waals surface area contributed by atoms with Crippen LogP contribution >= 0.6 is 0 Å². The van der Waals surface area contributed by atoms with Crippen molar-refractivity contribution < 1.29 is 0 Å². The summed E-state index contributed by atoms with van der Waals surface area (Å²) in [6.07, 6.45) is 3.49. The maximum absolute atomic E-state index is 11.2. The summed E-state index contributed by atoms with van der Waals surface area (Å²) < 4.78 is 0. The van der Waals surface area contributed by atoms with Gasteiger partial charge in [0.05, 0.1) is 17.6 Å². The number of rotatable bonds is 4. The van der Waals surface area contributed by atoms with Crippen LogP contribution in [0.5, 0.6) is 0 Å². The van der Waals surface area contributed by atoms with Crippen LogP contribution in [0.4, 0.5) is 5.82 Å². The highest BCUT2D eigenvalue weighted by molar-refractivity contribution is 5.86. The molecule has 1 atom stereocenters. The number of aromatic amines is 2. The van der Waals surface area contributed by atoms with Gasteiger partial charge in [-0.25, -0.2) is 9.97 Å². The summed E-state index contributed by atoms with van der Waals surface area (Å²) in [4.78, 5) is 25.1. The van der Waals surface area contributed by atoms with Crippen LogP contribution in [0.25, 0.3) is 11.0 Å².